The van der Waals surface area contributed by atoms with Crippen LogP contribution in [0.1, 0.15) is 24.0 Å². The van der Waals surface area contributed by atoms with Gasteiger partial charge < -0.3 is 14.4 Å². The molecule has 2 rings (SSSR count). The molecule has 2 aromatic rings. The van der Waals surface area contributed by atoms with Crippen molar-refractivity contribution in [2.75, 3.05) is 20.3 Å². The first-order valence-electron chi connectivity index (χ1n) is 8.78. The van der Waals surface area contributed by atoms with E-state index in [2.05, 4.69) is 0 Å². The van der Waals surface area contributed by atoms with Gasteiger partial charge in [0.25, 0.3) is 5.91 Å². The van der Waals surface area contributed by atoms with Gasteiger partial charge in [-0.3, -0.25) is 9.59 Å². The van der Waals surface area contributed by atoms with E-state index in [1.165, 1.54) is 18.0 Å². The highest BCUT2D eigenvalue weighted by atomic mass is 19.1. The first kappa shape index (κ1) is 20.4. The summed E-state index contributed by atoms with van der Waals surface area (Å²) in [4.78, 5) is 25.1. The minimum absolute atomic E-state index is 0.118. The largest absolute Gasteiger partial charge is 0.494 e. The molecule has 0 saturated heterocycles. The predicted octanol–water partition coefficient (Wildman–Crippen LogP) is 3.49. The maximum absolute atomic E-state index is 13.6. The molecule has 0 N–H and O–H groups in total. The zero-order valence-electron chi connectivity index (χ0n) is 15.6. The number of hydrogen-bond donors (Lipinski definition) is 0. The second kappa shape index (κ2) is 10.3. The third-order valence-electron chi connectivity index (χ3n) is 3.93. The van der Waals surface area contributed by atoms with E-state index in [9.17, 15) is 14.0 Å². The lowest BCUT2D eigenvalue weighted by Crippen LogP contribution is -2.31. The number of benzene rings is 2. The summed E-state index contributed by atoms with van der Waals surface area (Å²) in [6, 6.07) is 13.9. The van der Waals surface area contributed by atoms with Crippen LogP contribution in [0.25, 0.3) is 0 Å². The zero-order valence-corrected chi connectivity index (χ0v) is 15.6. The van der Waals surface area contributed by atoms with Crippen molar-refractivity contribution in [2.45, 2.75) is 26.3 Å². The molecule has 144 valence electrons. The average Bonchev–Trinajstić information content (AvgIpc) is 2.65. The summed E-state index contributed by atoms with van der Waals surface area (Å²) in [7, 11) is 1.54. The van der Waals surface area contributed by atoms with Crippen LogP contribution in [0.2, 0.25) is 0 Å². The molecule has 0 heterocycles. The molecule has 0 aliphatic heterocycles. The summed E-state index contributed by atoms with van der Waals surface area (Å²) in [5.41, 5.74) is 1.51. The predicted molar refractivity (Wildman–Crippen MR) is 99.7 cm³/mol. The second-order valence-corrected chi connectivity index (χ2v) is 6.27. The van der Waals surface area contributed by atoms with Crippen molar-refractivity contribution in [3.05, 3.63) is 65.5 Å². The van der Waals surface area contributed by atoms with Crippen LogP contribution in [0.5, 0.6) is 5.75 Å². The lowest BCUT2D eigenvalue weighted by atomic mass is 10.2. The maximum Gasteiger partial charge on any atom is 0.306 e. The number of esters is 1. The van der Waals surface area contributed by atoms with Crippen LogP contribution in [0.3, 0.4) is 0 Å². The van der Waals surface area contributed by atoms with Gasteiger partial charge in [-0.2, -0.15) is 0 Å². The molecule has 6 heteroatoms. The third-order valence-corrected chi connectivity index (χ3v) is 3.93. The van der Waals surface area contributed by atoms with Crippen LogP contribution in [0.4, 0.5) is 4.39 Å². The number of ether oxygens (including phenoxy) is 2. The van der Waals surface area contributed by atoms with Gasteiger partial charge in [-0.25, -0.2) is 4.39 Å². The van der Waals surface area contributed by atoms with E-state index >= 15 is 0 Å². The third kappa shape index (κ3) is 7.09. The van der Waals surface area contributed by atoms with Gasteiger partial charge in [0.15, 0.2) is 6.61 Å². The van der Waals surface area contributed by atoms with Crippen molar-refractivity contribution >= 4 is 11.9 Å². The van der Waals surface area contributed by atoms with Crippen LogP contribution >= 0.6 is 0 Å². The fraction of sp³-hybridized carbons (Fsp3) is 0.333. The van der Waals surface area contributed by atoms with E-state index in [1.807, 2.05) is 31.2 Å². The molecule has 0 radical (unpaired) electrons. The molecule has 0 atom stereocenters. The van der Waals surface area contributed by atoms with E-state index < -0.39 is 5.97 Å². The standard InChI is InChI=1S/C21H24FNO4/c1-16-7-5-9-18(13-16)26-12-6-11-21(25)27-15-20(24)23(2)14-17-8-3-4-10-19(17)22/h3-5,7-10,13H,6,11-12,14-15H2,1-2H3. The lowest BCUT2D eigenvalue weighted by Gasteiger charge is -2.17. The van der Waals surface area contributed by atoms with Gasteiger partial charge in [-0.15, -0.1) is 0 Å². The smallest absolute Gasteiger partial charge is 0.306 e. The summed E-state index contributed by atoms with van der Waals surface area (Å²) in [5.74, 6) is -0.464. The average molecular weight is 373 g/mol. The van der Waals surface area contributed by atoms with Gasteiger partial charge in [0.2, 0.25) is 0 Å². The van der Waals surface area contributed by atoms with Crippen molar-refractivity contribution in [3.63, 3.8) is 0 Å². The Morgan fingerprint density at radius 3 is 2.63 bits per heavy atom. The fourth-order valence-electron chi connectivity index (χ4n) is 2.41. The van der Waals surface area contributed by atoms with Crippen LogP contribution < -0.4 is 4.74 Å². The molecule has 0 aliphatic rings. The molecule has 0 bridgehead atoms. The van der Waals surface area contributed by atoms with Gasteiger partial charge in [0.05, 0.1) is 6.61 Å². The molecule has 0 saturated carbocycles. The quantitative estimate of drug-likeness (QED) is 0.499. The first-order chi connectivity index (χ1) is 13.0. The van der Waals surface area contributed by atoms with Gasteiger partial charge in [0, 0.05) is 25.6 Å². The molecule has 0 spiro atoms. The summed E-state index contributed by atoms with van der Waals surface area (Å²) in [6.07, 6.45) is 0.655. The monoisotopic (exact) mass is 373 g/mol. The Morgan fingerprint density at radius 2 is 1.89 bits per heavy atom. The molecule has 0 aromatic heterocycles. The second-order valence-electron chi connectivity index (χ2n) is 6.27. The van der Waals surface area contributed by atoms with Crippen LogP contribution in [0.15, 0.2) is 48.5 Å². The van der Waals surface area contributed by atoms with Crippen molar-refractivity contribution in [1.82, 2.24) is 4.90 Å². The van der Waals surface area contributed by atoms with E-state index in [0.717, 1.165) is 11.3 Å². The Morgan fingerprint density at radius 1 is 1.11 bits per heavy atom. The number of aryl methyl sites for hydroxylation is 1. The zero-order chi connectivity index (χ0) is 19.6. The first-order valence-corrected chi connectivity index (χ1v) is 8.78. The summed E-state index contributed by atoms with van der Waals surface area (Å²) in [5, 5.41) is 0. The number of amides is 1. The number of likely N-dealkylation sites (N-methyl/N-ethyl adjacent to an activating group) is 1. The molecule has 0 unspecified atom stereocenters. The van der Waals surface area contributed by atoms with Crippen LogP contribution in [-0.2, 0) is 20.9 Å². The summed E-state index contributed by atoms with van der Waals surface area (Å²) in [6.45, 7) is 2.13. The highest BCUT2D eigenvalue weighted by Gasteiger charge is 2.14. The molecule has 0 fully saturated rings. The summed E-state index contributed by atoms with van der Waals surface area (Å²) >= 11 is 0. The van der Waals surface area contributed by atoms with Gasteiger partial charge in [-0.1, -0.05) is 30.3 Å². The van der Waals surface area contributed by atoms with Crippen molar-refractivity contribution in [1.29, 1.82) is 0 Å². The topological polar surface area (TPSA) is 55.8 Å². The van der Waals surface area contributed by atoms with Crippen LogP contribution in [0, 0.1) is 12.7 Å². The maximum atomic E-state index is 13.6. The van der Waals surface area contributed by atoms with Gasteiger partial charge in [0.1, 0.15) is 11.6 Å². The number of hydrogen-bond acceptors (Lipinski definition) is 4. The number of carbonyl (C=O) groups excluding carboxylic acids is 2. The number of carbonyl (C=O) groups is 2. The summed E-state index contributed by atoms with van der Waals surface area (Å²) < 4.78 is 24.2. The van der Waals surface area contributed by atoms with E-state index in [0.29, 0.717) is 18.6 Å². The van der Waals surface area contributed by atoms with Gasteiger partial charge in [-0.05, 0) is 37.1 Å². The van der Waals surface area contributed by atoms with E-state index in [1.54, 1.807) is 18.2 Å². The minimum Gasteiger partial charge on any atom is -0.494 e. The van der Waals surface area contributed by atoms with Crippen LogP contribution in [-0.4, -0.2) is 37.0 Å². The Bertz CT molecular complexity index is 778. The molecular weight excluding hydrogens is 349 g/mol. The van der Waals surface area contributed by atoms with E-state index in [-0.39, 0.29) is 31.3 Å². The lowest BCUT2D eigenvalue weighted by molar-refractivity contribution is -0.151. The minimum atomic E-state index is -0.463. The SMILES string of the molecule is Cc1cccc(OCCCC(=O)OCC(=O)N(C)Cc2ccccc2F)c1. The number of nitrogens with zero attached hydrogens (tertiary/aromatic N) is 1. The Kier molecular flexibility index (Phi) is 7.79. The normalized spacial score (nSPS) is 10.3. The molecular formula is C21H24FNO4. The van der Waals surface area contributed by atoms with Crippen molar-refractivity contribution in [3.8, 4) is 5.75 Å². The number of rotatable bonds is 9. The molecule has 5 nitrogen and oxygen atoms in total. The Hall–Kier alpha value is -2.89. The fourth-order valence-corrected chi connectivity index (χ4v) is 2.41. The Balaban J connectivity index is 1.64. The molecule has 0 aliphatic carbocycles. The molecule has 27 heavy (non-hydrogen) atoms. The van der Waals surface area contributed by atoms with Gasteiger partial charge >= 0.3 is 5.97 Å². The Labute approximate surface area is 158 Å². The molecule has 2 aromatic carbocycles. The van der Waals surface area contributed by atoms with E-state index in [4.69, 9.17) is 9.47 Å². The van der Waals surface area contributed by atoms with Crippen molar-refractivity contribution in [2.24, 2.45) is 0 Å². The highest BCUT2D eigenvalue weighted by Crippen LogP contribution is 2.13. The number of halogens is 1. The highest BCUT2D eigenvalue weighted by molar-refractivity contribution is 5.80. The molecule has 1 amide bonds. The van der Waals surface area contributed by atoms with Crippen molar-refractivity contribution < 1.29 is 23.5 Å².